The van der Waals surface area contributed by atoms with Gasteiger partial charge in [0.2, 0.25) is 5.91 Å². The molecule has 1 amide bonds. The lowest BCUT2D eigenvalue weighted by atomic mass is 10.1. The number of carbonyl (C=O) groups is 2. The second-order valence-electron chi connectivity index (χ2n) is 6.42. The zero-order valence-electron chi connectivity index (χ0n) is 15.5. The molecule has 0 bridgehead atoms. The van der Waals surface area contributed by atoms with Crippen LogP contribution in [0.2, 0.25) is 0 Å². The Balaban J connectivity index is 1.57. The third kappa shape index (κ3) is 6.81. The van der Waals surface area contributed by atoms with Crippen molar-refractivity contribution in [2.45, 2.75) is 39.2 Å². The van der Waals surface area contributed by atoms with Crippen LogP contribution in [0.1, 0.15) is 53.8 Å². The second-order valence-corrected chi connectivity index (χ2v) is 6.42. The van der Waals surface area contributed by atoms with Gasteiger partial charge in [-0.15, -0.1) is 0 Å². The van der Waals surface area contributed by atoms with E-state index in [-0.39, 0.29) is 30.6 Å². The molecule has 1 unspecified atom stereocenters. The molecule has 4 heteroatoms. The van der Waals surface area contributed by atoms with Gasteiger partial charge in [0, 0.05) is 31.6 Å². The Morgan fingerprint density at radius 3 is 2.38 bits per heavy atom. The summed E-state index contributed by atoms with van der Waals surface area (Å²) in [7, 11) is 0. The molecule has 0 aliphatic heterocycles. The van der Waals surface area contributed by atoms with Crippen molar-refractivity contribution in [3.05, 3.63) is 71.3 Å². The van der Waals surface area contributed by atoms with E-state index in [1.54, 1.807) is 12.1 Å². The molecule has 0 saturated heterocycles. The molecule has 0 saturated carbocycles. The van der Waals surface area contributed by atoms with Crippen molar-refractivity contribution in [2.75, 3.05) is 13.2 Å². The Hall–Kier alpha value is -2.46. The monoisotopic (exact) mass is 353 g/mol. The molecule has 1 atom stereocenters. The first-order chi connectivity index (χ1) is 12.6. The zero-order valence-corrected chi connectivity index (χ0v) is 15.5. The Labute approximate surface area is 155 Å². The summed E-state index contributed by atoms with van der Waals surface area (Å²) in [6.45, 7) is 5.13. The Morgan fingerprint density at radius 2 is 1.69 bits per heavy atom. The number of aryl methyl sites for hydroxylation is 1. The fraction of sp³-hybridized carbons (Fsp3) is 0.364. The third-order valence-corrected chi connectivity index (χ3v) is 4.23. The topological polar surface area (TPSA) is 55.4 Å². The summed E-state index contributed by atoms with van der Waals surface area (Å²) in [4.78, 5) is 23.9. The number of hydrogen-bond acceptors (Lipinski definition) is 3. The van der Waals surface area contributed by atoms with Crippen LogP contribution in [0.4, 0.5) is 0 Å². The lowest BCUT2D eigenvalue weighted by Gasteiger charge is -2.13. The number of ether oxygens (including phenoxy) is 1. The SMILES string of the molecule is Cc1ccc(C(=O)CCC(=O)NCCCOC(C)c2ccccc2)cc1. The van der Waals surface area contributed by atoms with E-state index < -0.39 is 0 Å². The van der Waals surface area contributed by atoms with E-state index in [2.05, 4.69) is 5.32 Å². The maximum atomic E-state index is 12.0. The van der Waals surface area contributed by atoms with Crippen LogP contribution in [-0.2, 0) is 9.53 Å². The highest BCUT2D eigenvalue weighted by Gasteiger charge is 2.09. The summed E-state index contributed by atoms with van der Waals surface area (Å²) in [5.41, 5.74) is 2.92. The van der Waals surface area contributed by atoms with Gasteiger partial charge >= 0.3 is 0 Å². The van der Waals surface area contributed by atoms with Crippen molar-refractivity contribution >= 4 is 11.7 Å². The first-order valence-electron chi connectivity index (χ1n) is 9.09. The summed E-state index contributed by atoms with van der Waals surface area (Å²) >= 11 is 0. The van der Waals surface area contributed by atoms with Crippen molar-refractivity contribution in [2.24, 2.45) is 0 Å². The van der Waals surface area contributed by atoms with Crippen molar-refractivity contribution in [3.63, 3.8) is 0 Å². The van der Waals surface area contributed by atoms with Crippen LogP contribution < -0.4 is 5.32 Å². The zero-order chi connectivity index (χ0) is 18.8. The summed E-state index contributed by atoms with van der Waals surface area (Å²) in [6, 6.07) is 17.5. The van der Waals surface area contributed by atoms with E-state index >= 15 is 0 Å². The highest BCUT2D eigenvalue weighted by atomic mass is 16.5. The second kappa shape index (κ2) is 10.5. The Morgan fingerprint density at radius 1 is 1.00 bits per heavy atom. The first-order valence-corrected chi connectivity index (χ1v) is 9.09. The molecule has 0 radical (unpaired) electrons. The molecule has 0 aliphatic rings. The van der Waals surface area contributed by atoms with Crippen LogP contribution >= 0.6 is 0 Å². The van der Waals surface area contributed by atoms with Gasteiger partial charge in [-0.2, -0.15) is 0 Å². The van der Waals surface area contributed by atoms with Crippen molar-refractivity contribution in [1.82, 2.24) is 5.32 Å². The van der Waals surface area contributed by atoms with Crippen molar-refractivity contribution in [3.8, 4) is 0 Å². The van der Waals surface area contributed by atoms with Crippen molar-refractivity contribution in [1.29, 1.82) is 0 Å². The van der Waals surface area contributed by atoms with Gasteiger partial charge in [0.15, 0.2) is 5.78 Å². The minimum absolute atomic E-state index is 0.000157. The molecule has 0 heterocycles. The van der Waals surface area contributed by atoms with E-state index in [9.17, 15) is 9.59 Å². The quantitative estimate of drug-likeness (QED) is 0.513. The number of benzene rings is 2. The van der Waals surface area contributed by atoms with Crippen LogP contribution in [0, 0.1) is 6.92 Å². The van der Waals surface area contributed by atoms with Crippen LogP contribution in [0.5, 0.6) is 0 Å². The highest BCUT2D eigenvalue weighted by molar-refractivity contribution is 5.97. The summed E-state index contributed by atoms with van der Waals surface area (Å²) in [5.74, 6) is -0.0956. The smallest absolute Gasteiger partial charge is 0.220 e. The Bertz CT molecular complexity index is 695. The van der Waals surface area contributed by atoms with Gasteiger partial charge in [-0.1, -0.05) is 60.2 Å². The molecule has 2 aromatic carbocycles. The van der Waals surface area contributed by atoms with Gasteiger partial charge < -0.3 is 10.1 Å². The van der Waals surface area contributed by atoms with E-state index in [4.69, 9.17) is 4.74 Å². The predicted octanol–water partition coefficient (Wildman–Crippen LogP) is 4.24. The predicted molar refractivity (Wildman–Crippen MR) is 103 cm³/mol. The van der Waals surface area contributed by atoms with Crippen LogP contribution in [0.15, 0.2) is 54.6 Å². The Kier molecular flexibility index (Phi) is 8.03. The largest absolute Gasteiger partial charge is 0.374 e. The van der Waals surface area contributed by atoms with Crippen LogP contribution in [-0.4, -0.2) is 24.8 Å². The molecule has 2 aromatic rings. The number of amides is 1. The summed E-state index contributed by atoms with van der Waals surface area (Å²) < 4.78 is 5.77. The minimum Gasteiger partial charge on any atom is -0.374 e. The normalized spacial score (nSPS) is 11.8. The molecule has 26 heavy (non-hydrogen) atoms. The third-order valence-electron chi connectivity index (χ3n) is 4.23. The molecule has 1 N–H and O–H groups in total. The molecule has 0 fully saturated rings. The number of rotatable bonds is 10. The van der Waals surface area contributed by atoms with Gasteiger partial charge in [0.25, 0.3) is 0 Å². The van der Waals surface area contributed by atoms with Gasteiger partial charge in [0.1, 0.15) is 0 Å². The lowest BCUT2D eigenvalue weighted by Crippen LogP contribution is -2.25. The van der Waals surface area contributed by atoms with Crippen LogP contribution in [0.25, 0.3) is 0 Å². The fourth-order valence-corrected chi connectivity index (χ4v) is 2.58. The molecular formula is C22H27NO3. The van der Waals surface area contributed by atoms with Gasteiger partial charge in [-0.25, -0.2) is 0 Å². The number of Topliss-reactive ketones (excluding diaryl/α,β-unsaturated/α-hetero) is 1. The number of carbonyl (C=O) groups excluding carboxylic acids is 2. The van der Waals surface area contributed by atoms with Crippen molar-refractivity contribution < 1.29 is 14.3 Å². The number of ketones is 1. The standard InChI is InChI=1S/C22H27NO3/c1-17-9-11-20(12-10-17)21(24)13-14-22(25)23-15-6-16-26-18(2)19-7-4-3-5-8-19/h3-5,7-12,18H,6,13-16H2,1-2H3,(H,23,25). The van der Waals surface area contributed by atoms with E-state index in [0.29, 0.717) is 18.7 Å². The molecule has 4 nitrogen and oxygen atoms in total. The lowest BCUT2D eigenvalue weighted by molar-refractivity contribution is -0.121. The average Bonchev–Trinajstić information content (AvgIpc) is 2.67. The van der Waals surface area contributed by atoms with E-state index in [0.717, 1.165) is 17.5 Å². The fourth-order valence-electron chi connectivity index (χ4n) is 2.58. The summed E-state index contributed by atoms with van der Waals surface area (Å²) in [6.07, 6.45) is 1.23. The molecule has 2 rings (SSSR count). The van der Waals surface area contributed by atoms with Crippen LogP contribution in [0.3, 0.4) is 0 Å². The number of nitrogens with one attached hydrogen (secondary N) is 1. The van der Waals surface area contributed by atoms with Gasteiger partial charge in [-0.3, -0.25) is 9.59 Å². The first kappa shape index (κ1) is 19.9. The van der Waals surface area contributed by atoms with Gasteiger partial charge in [-0.05, 0) is 25.8 Å². The van der Waals surface area contributed by atoms with E-state index in [1.165, 1.54) is 0 Å². The molecular weight excluding hydrogens is 326 g/mol. The average molecular weight is 353 g/mol. The van der Waals surface area contributed by atoms with Gasteiger partial charge in [0.05, 0.1) is 6.10 Å². The minimum atomic E-state index is -0.0958. The molecule has 0 spiro atoms. The summed E-state index contributed by atoms with van der Waals surface area (Å²) in [5, 5.41) is 2.84. The molecule has 138 valence electrons. The molecule has 0 aliphatic carbocycles. The van der Waals surface area contributed by atoms with E-state index in [1.807, 2.05) is 56.3 Å². The maximum absolute atomic E-state index is 12.0. The number of hydrogen-bond donors (Lipinski definition) is 1. The maximum Gasteiger partial charge on any atom is 0.220 e. The molecule has 0 aromatic heterocycles. The highest BCUT2D eigenvalue weighted by Crippen LogP contribution is 2.15.